The van der Waals surface area contributed by atoms with Gasteiger partial charge in [-0.1, -0.05) is 11.6 Å². The molecule has 2 aromatic rings. The predicted molar refractivity (Wildman–Crippen MR) is 86.1 cm³/mol. The van der Waals surface area contributed by atoms with Crippen molar-refractivity contribution >= 4 is 17.5 Å². The number of aliphatic hydroxyl groups excluding tert-OH is 1. The van der Waals surface area contributed by atoms with E-state index in [9.17, 15) is 18.0 Å². The van der Waals surface area contributed by atoms with Gasteiger partial charge >= 0.3 is 6.18 Å². The van der Waals surface area contributed by atoms with Gasteiger partial charge in [-0.2, -0.15) is 13.2 Å². The van der Waals surface area contributed by atoms with Gasteiger partial charge < -0.3 is 19.9 Å². The summed E-state index contributed by atoms with van der Waals surface area (Å²) in [7, 11) is 0. The van der Waals surface area contributed by atoms with Crippen molar-refractivity contribution in [3.63, 3.8) is 0 Å². The maximum atomic E-state index is 12.6. The van der Waals surface area contributed by atoms with Crippen molar-refractivity contribution in [3.05, 3.63) is 47.1 Å². The molecule has 0 aliphatic heterocycles. The number of pyridine rings is 1. The number of carbonyl (C=O) groups is 1. The highest BCUT2D eigenvalue weighted by atomic mass is 35.5. The summed E-state index contributed by atoms with van der Waals surface area (Å²) in [6.07, 6.45) is -4.76. The molecule has 0 fully saturated rings. The summed E-state index contributed by atoms with van der Waals surface area (Å²) in [5.41, 5.74) is -0.978. The Kier molecular flexibility index (Phi) is 6.27. The van der Waals surface area contributed by atoms with Crippen molar-refractivity contribution < 1.29 is 32.5 Å². The molecule has 0 bridgehead atoms. The van der Waals surface area contributed by atoms with Crippen LogP contribution in [0.25, 0.3) is 0 Å². The zero-order chi connectivity index (χ0) is 19.3. The van der Waals surface area contributed by atoms with Crippen LogP contribution in [0.4, 0.5) is 13.2 Å². The molecule has 0 spiro atoms. The van der Waals surface area contributed by atoms with Crippen LogP contribution in [0.1, 0.15) is 12.5 Å². The largest absolute Gasteiger partial charge is 0.481 e. The lowest BCUT2D eigenvalue weighted by atomic mass is 10.3. The molecule has 1 unspecified atom stereocenters. The quantitative estimate of drug-likeness (QED) is 0.739. The van der Waals surface area contributed by atoms with Gasteiger partial charge in [0, 0.05) is 6.20 Å². The average Bonchev–Trinajstić information content (AvgIpc) is 2.57. The molecule has 1 aromatic carbocycles. The Labute approximate surface area is 151 Å². The molecular weight excluding hydrogens is 377 g/mol. The first kappa shape index (κ1) is 19.8. The third kappa shape index (κ3) is 5.24. The second kappa shape index (κ2) is 8.24. The van der Waals surface area contributed by atoms with E-state index in [-0.39, 0.29) is 16.7 Å². The summed E-state index contributed by atoms with van der Waals surface area (Å²) in [4.78, 5) is 15.0. The van der Waals surface area contributed by atoms with Crippen molar-refractivity contribution in [1.82, 2.24) is 10.3 Å². The SMILES string of the molecule is CC(Oc1ccc(Oc2ncc(C(F)(F)F)cc2Cl)cc1)C(=O)NCO. The van der Waals surface area contributed by atoms with Crippen molar-refractivity contribution in [3.8, 4) is 17.4 Å². The van der Waals surface area contributed by atoms with Crippen LogP contribution in [0.15, 0.2) is 36.5 Å². The van der Waals surface area contributed by atoms with Crippen LogP contribution < -0.4 is 14.8 Å². The van der Waals surface area contributed by atoms with E-state index in [2.05, 4.69) is 10.3 Å². The highest BCUT2D eigenvalue weighted by Gasteiger charge is 2.31. The van der Waals surface area contributed by atoms with E-state index in [1.807, 2.05) is 0 Å². The van der Waals surface area contributed by atoms with Crippen molar-refractivity contribution in [1.29, 1.82) is 0 Å². The van der Waals surface area contributed by atoms with Crippen molar-refractivity contribution in [2.24, 2.45) is 0 Å². The Morgan fingerprint density at radius 2 is 1.92 bits per heavy atom. The Morgan fingerprint density at radius 3 is 2.46 bits per heavy atom. The fraction of sp³-hybridized carbons (Fsp3) is 0.250. The molecule has 1 aromatic heterocycles. The summed E-state index contributed by atoms with van der Waals surface area (Å²) in [6.45, 7) is 1.00. The van der Waals surface area contributed by atoms with Crippen molar-refractivity contribution in [2.75, 3.05) is 6.73 Å². The first-order valence-corrected chi connectivity index (χ1v) is 7.64. The third-order valence-electron chi connectivity index (χ3n) is 3.11. The third-order valence-corrected chi connectivity index (χ3v) is 3.38. The highest BCUT2D eigenvalue weighted by molar-refractivity contribution is 6.31. The molecule has 0 radical (unpaired) electrons. The normalized spacial score (nSPS) is 12.4. The number of benzene rings is 1. The number of nitrogens with zero attached hydrogens (tertiary/aromatic N) is 1. The molecule has 1 heterocycles. The zero-order valence-corrected chi connectivity index (χ0v) is 14.1. The second-order valence-corrected chi connectivity index (χ2v) is 5.45. The molecule has 1 atom stereocenters. The molecule has 10 heteroatoms. The molecule has 26 heavy (non-hydrogen) atoms. The fourth-order valence-corrected chi connectivity index (χ4v) is 2.04. The molecule has 6 nitrogen and oxygen atoms in total. The summed E-state index contributed by atoms with van der Waals surface area (Å²) in [5, 5.41) is 10.5. The minimum Gasteiger partial charge on any atom is -0.481 e. The van der Waals surface area contributed by atoms with Crippen LogP contribution in [0.5, 0.6) is 17.4 Å². The Bertz CT molecular complexity index is 769. The maximum absolute atomic E-state index is 12.6. The van der Waals surface area contributed by atoms with Crippen molar-refractivity contribution in [2.45, 2.75) is 19.2 Å². The number of aliphatic hydroxyl groups is 1. The first-order valence-electron chi connectivity index (χ1n) is 7.26. The van der Waals surface area contributed by atoms with Gasteiger partial charge in [0.25, 0.3) is 5.91 Å². The van der Waals surface area contributed by atoms with Crippen LogP contribution in [0, 0.1) is 0 Å². The van der Waals surface area contributed by atoms with Gasteiger partial charge in [-0.25, -0.2) is 4.98 Å². The Morgan fingerprint density at radius 1 is 1.31 bits per heavy atom. The zero-order valence-electron chi connectivity index (χ0n) is 13.4. The van der Waals surface area contributed by atoms with Gasteiger partial charge in [0.2, 0.25) is 5.88 Å². The number of halogens is 4. The molecule has 2 rings (SSSR count). The molecule has 140 valence electrons. The molecule has 0 saturated carbocycles. The van der Waals surface area contributed by atoms with Gasteiger partial charge in [0.15, 0.2) is 6.10 Å². The van der Waals surface area contributed by atoms with E-state index in [4.69, 9.17) is 26.2 Å². The number of amides is 1. The van der Waals surface area contributed by atoms with Gasteiger partial charge in [0.1, 0.15) is 23.3 Å². The number of ether oxygens (including phenoxy) is 2. The number of aromatic nitrogens is 1. The number of carbonyl (C=O) groups excluding carboxylic acids is 1. The molecule has 1 amide bonds. The number of hydrogen-bond donors (Lipinski definition) is 2. The summed E-state index contributed by atoms with van der Waals surface area (Å²) in [6, 6.07) is 6.66. The van der Waals surface area contributed by atoms with Crippen LogP contribution in [0.2, 0.25) is 5.02 Å². The lowest BCUT2D eigenvalue weighted by Gasteiger charge is -2.14. The van der Waals surface area contributed by atoms with E-state index >= 15 is 0 Å². The molecule has 0 aliphatic carbocycles. The minimum absolute atomic E-state index is 0.177. The summed E-state index contributed by atoms with van der Waals surface area (Å²) >= 11 is 5.77. The fourth-order valence-electron chi connectivity index (χ4n) is 1.83. The van der Waals surface area contributed by atoms with E-state index < -0.39 is 30.5 Å². The molecule has 0 aliphatic rings. The lowest BCUT2D eigenvalue weighted by molar-refractivity contribution is -0.137. The van der Waals surface area contributed by atoms with Gasteiger partial charge in [0.05, 0.1) is 5.56 Å². The Balaban J connectivity index is 2.04. The van der Waals surface area contributed by atoms with Crippen LogP contribution in [-0.2, 0) is 11.0 Å². The highest BCUT2D eigenvalue weighted by Crippen LogP contribution is 2.34. The van der Waals surface area contributed by atoms with Crippen LogP contribution in [0.3, 0.4) is 0 Å². The van der Waals surface area contributed by atoms with E-state index in [0.29, 0.717) is 11.9 Å². The first-order chi connectivity index (χ1) is 12.2. The number of alkyl halides is 3. The minimum atomic E-state index is -4.55. The van der Waals surface area contributed by atoms with E-state index in [1.54, 1.807) is 0 Å². The Hall–Kier alpha value is -2.52. The standard InChI is InChI=1S/C16H14ClF3N2O4/c1-9(14(24)22-8-23)25-11-2-4-12(5-3-11)26-15-13(17)6-10(7-21-15)16(18,19)20/h2-7,9,23H,8H2,1H3,(H,22,24). The van der Waals surface area contributed by atoms with Gasteiger partial charge in [-0.3, -0.25) is 4.79 Å². The summed E-state index contributed by atoms with van der Waals surface area (Å²) in [5.74, 6) is -0.0547. The number of hydrogen-bond acceptors (Lipinski definition) is 5. The predicted octanol–water partition coefficient (Wildman–Crippen LogP) is 3.38. The van der Waals surface area contributed by atoms with Gasteiger partial charge in [-0.15, -0.1) is 0 Å². The monoisotopic (exact) mass is 390 g/mol. The lowest BCUT2D eigenvalue weighted by Crippen LogP contribution is -2.36. The maximum Gasteiger partial charge on any atom is 0.417 e. The smallest absolute Gasteiger partial charge is 0.417 e. The van der Waals surface area contributed by atoms with E-state index in [0.717, 1.165) is 6.07 Å². The van der Waals surface area contributed by atoms with Crippen LogP contribution in [-0.4, -0.2) is 28.8 Å². The van der Waals surface area contributed by atoms with Gasteiger partial charge in [-0.05, 0) is 37.3 Å². The van der Waals surface area contributed by atoms with Crippen LogP contribution >= 0.6 is 11.6 Å². The molecule has 0 saturated heterocycles. The average molecular weight is 391 g/mol. The number of nitrogens with one attached hydrogen (secondary N) is 1. The summed E-state index contributed by atoms with van der Waals surface area (Å²) < 4.78 is 48.5. The topological polar surface area (TPSA) is 80.7 Å². The second-order valence-electron chi connectivity index (χ2n) is 5.04. The molecule has 2 N–H and O–H groups in total. The van der Waals surface area contributed by atoms with E-state index in [1.165, 1.54) is 31.2 Å². The molecular formula is C16H14ClF3N2O4. The number of rotatable bonds is 6.